The van der Waals surface area contributed by atoms with E-state index in [4.69, 9.17) is 11.6 Å². The number of hydrogen-bond donors (Lipinski definition) is 1. The van der Waals surface area contributed by atoms with Crippen molar-refractivity contribution in [2.75, 3.05) is 23.8 Å². The highest BCUT2D eigenvalue weighted by atomic mass is 35.5. The van der Waals surface area contributed by atoms with Gasteiger partial charge in [-0.3, -0.25) is 0 Å². The van der Waals surface area contributed by atoms with E-state index in [1.54, 1.807) is 0 Å². The molecule has 0 amide bonds. The fourth-order valence-electron chi connectivity index (χ4n) is 3.58. The lowest BCUT2D eigenvalue weighted by atomic mass is 9.78. The number of nitrogens with zero attached hydrogens (tertiary/aromatic N) is 1. The minimum absolute atomic E-state index is 0.348. The van der Waals surface area contributed by atoms with E-state index in [1.165, 1.54) is 49.9 Å². The van der Waals surface area contributed by atoms with Crippen LogP contribution in [0, 0.1) is 0 Å². The summed E-state index contributed by atoms with van der Waals surface area (Å²) in [5, 5.41) is 4.38. The lowest BCUT2D eigenvalue weighted by Gasteiger charge is -2.45. The van der Waals surface area contributed by atoms with Crippen LogP contribution in [0.5, 0.6) is 0 Å². The van der Waals surface area contributed by atoms with E-state index in [1.807, 2.05) is 6.07 Å². The highest BCUT2D eigenvalue weighted by Gasteiger charge is 2.38. The van der Waals surface area contributed by atoms with E-state index >= 15 is 0 Å². The molecule has 1 aromatic rings. The van der Waals surface area contributed by atoms with Gasteiger partial charge in [0.1, 0.15) is 0 Å². The number of hydrogen-bond acceptors (Lipinski definition) is 2. The molecule has 18 heavy (non-hydrogen) atoms. The molecule has 2 aliphatic rings. The number of fused-ring (bicyclic) bond motifs is 1. The molecule has 2 nitrogen and oxygen atoms in total. The van der Waals surface area contributed by atoms with Gasteiger partial charge in [0, 0.05) is 24.2 Å². The van der Waals surface area contributed by atoms with Gasteiger partial charge in [0.15, 0.2) is 0 Å². The van der Waals surface area contributed by atoms with Crippen molar-refractivity contribution in [2.45, 2.75) is 44.1 Å². The summed E-state index contributed by atoms with van der Waals surface area (Å²) in [5.74, 6) is 0. The van der Waals surface area contributed by atoms with Crippen LogP contribution >= 0.6 is 11.6 Å². The van der Waals surface area contributed by atoms with Gasteiger partial charge in [-0.25, -0.2) is 0 Å². The van der Waals surface area contributed by atoms with E-state index in [0.29, 0.717) is 5.54 Å². The van der Waals surface area contributed by atoms with Crippen molar-refractivity contribution in [3.8, 4) is 0 Å². The number of nitrogens with one attached hydrogen (secondary N) is 1. The summed E-state index contributed by atoms with van der Waals surface area (Å²) in [5.41, 5.74) is 2.84. The maximum absolute atomic E-state index is 6.17. The molecule has 1 saturated carbocycles. The molecule has 0 unspecified atom stereocenters. The van der Waals surface area contributed by atoms with Crippen molar-refractivity contribution in [3.63, 3.8) is 0 Å². The largest absolute Gasteiger partial charge is 0.383 e. The van der Waals surface area contributed by atoms with Gasteiger partial charge in [-0.15, -0.1) is 0 Å². The normalized spacial score (nSPS) is 22.2. The summed E-state index contributed by atoms with van der Waals surface area (Å²) in [6.45, 7) is 1.07. The third-order valence-corrected chi connectivity index (χ3v) is 4.96. The van der Waals surface area contributed by atoms with Crippen LogP contribution in [-0.2, 0) is 0 Å². The first-order valence-electron chi connectivity index (χ1n) is 6.99. The van der Waals surface area contributed by atoms with Crippen molar-refractivity contribution in [2.24, 2.45) is 0 Å². The van der Waals surface area contributed by atoms with E-state index in [2.05, 4.69) is 29.4 Å². The van der Waals surface area contributed by atoms with Crippen LogP contribution in [-0.4, -0.2) is 19.1 Å². The predicted octanol–water partition coefficient (Wildman–Crippen LogP) is 4.29. The molecule has 1 aliphatic heterocycles. The molecule has 0 atom stereocenters. The molecule has 1 heterocycles. The molecule has 0 saturated heterocycles. The third kappa shape index (κ3) is 1.97. The Balaban J connectivity index is 2.01. The standard InChI is InChI=1S/C15H21ClN2/c1-18-14-11-12(16)5-6-13(14)17-10-9-15(18)7-3-2-4-8-15/h5-6,11,17H,2-4,7-10H2,1H3. The fourth-order valence-corrected chi connectivity index (χ4v) is 3.75. The molecular formula is C15H21ClN2. The second kappa shape index (κ2) is 4.65. The Morgan fingerprint density at radius 1 is 1.17 bits per heavy atom. The van der Waals surface area contributed by atoms with Gasteiger partial charge in [-0.05, 0) is 37.5 Å². The minimum atomic E-state index is 0.348. The van der Waals surface area contributed by atoms with Crippen LogP contribution in [0.25, 0.3) is 0 Å². The first-order valence-corrected chi connectivity index (χ1v) is 7.36. The fraction of sp³-hybridized carbons (Fsp3) is 0.600. The zero-order valence-corrected chi connectivity index (χ0v) is 11.8. The Kier molecular flexibility index (Phi) is 3.14. The van der Waals surface area contributed by atoms with Crippen molar-refractivity contribution < 1.29 is 0 Å². The number of rotatable bonds is 0. The van der Waals surface area contributed by atoms with Gasteiger partial charge < -0.3 is 10.2 Å². The van der Waals surface area contributed by atoms with E-state index in [0.717, 1.165) is 11.6 Å². The first kappa shape index (κ1) is 12.2. The monoisotopic (exact) mass is 264 g/mol. The van der Waals surface area contributed by atoms with Crippen LogP contribution in [0.3, 0.4) is 0 Å². The molecule has 3 rings (SSSR count). The van der Waals surface area contributed by atoms with Crippen LogP contribution < -0.4 is 10.2 Å². The zero-order valence-electron chi connectivity index (χ0n) is 11.0. The molecule has 1 spiro atoms. The number of benzene rings is 1. The predicted molar refractivity (Wildman–Crippen MR) is 78.8 cm³/mol. The summed E-state index contributed by atoms with van der Waals surface area (Å²) in [6.07, 6.45) is 7.98. The molecule has 3 heteroatoms. The van der Waals surface area contributed by atoms with Gasteiger partial charge in [0.05, 0.1) is 11.4 Å². The highest BCUT2D eigenvalue weighted by molar-refractivity contribution is 6.31. The maximum atomic E-state index is 6.17. The lowest BCUT2D eigenvalue weighted by Crippen LogP contribution is -2.48. The zero-order chi connectivity index (χ0) is 12.6. The highest BCUT2D eigenvalue weighted by Crippen LogP contribution is 2.43. The van der Waals surface area contributed by atoms with Crippen LogP contribution in [0.4, 0.5) is 11.4 Å². The Morgan fingerprint density at radius 3 is 2.72 bits per heavy atom. The average molecular weight is 265 g/mol. The summed E-state index contributed by atoms with van der Waals surface area (Å²) in [4.78, 5) is 2.49. The topological polar surface area (TPSA) is 15.3 Å². The molecule has 0 bridgehead atoms. The van der Waals surface area contributed by atoms with Crippen molar-refractivity contribution in [1.29, 1.82) is 0 Å². The second-order valence-electron chi connectivity index (χ2n) is 5.68. The van der Waals surface area contributed by atoms with Crippen LogP contribution in [0.2, 0.25) is 5.02 Å². The number of anilines is 2. The Morgan fingerprint density at radius 2 is 1.94 bits per heavy atom. The molecule has 0 radical (unpaired) electrons. The molecular weight excluding hydrogens is 244 g/mol. The van der Waals surface area contributed by atoms with E-state index in [-0.39, 0.29) is 0 Å². The Labute approximate surface area is 114 Å². The summed E-state index contributed by atoms with van der Waals surface area (Å²) in [6, 6.07) is 6.18. The van der Waals surface area contributed by atoms with Crippen molar-refractivity contribution in [3.05, 3.63) is 23.2 Å². The first-order chi connectivity index (χ1) is 8.71. The summed E-state index contributed by atoms with van der Waals surface area (Å²) < 4.78 is 0. The van der Waals surface area contributed by atoms with Gasteiger partial charge in [-0.2, -0.15) is 0 Å². The molecule has 0 aromatic heterocycles. The lowest BCUT2D eigenvalue weighted by molar-refractivity contribution is 0.274. The van der Waals surface area contributed by atoms with Crippen LogP contribution in [0.1, 0.15) is 38.5 Å². The average Bonchev–Trinajstić information content (AvgIpc) is 2.51. The molecule has 1 fully saturated rings. The Bertz CT molecular complexity index is 438. The van der Waals surface area contributed by atoms with E-state index < -0.39 is 0 Å². The molecule has 1 aromatic carbocycles. The smallest absolute Gasteiger partial charge is 0.0619 e. The van der Waals surface area contributed by atoms with Gasteiger partial charge in [-0.1, -0.05) is 30.9 Å². The third-order valence-electron chi connectivity index (χ3n) is 4.72. The van der Waals surface area contributed by atoms with Gasteiger partial charge in [0.2, 0.25) is 0 Å². The van der Waals surface area contributed by atoms with Crippen LogP contribution in [0.15, 0.2) is 18.2 Å². The van der Waals surface area contributed by atoms with Gasteiger partial charge in [0.25, 0.3) is 0 Å². The maximum Gasteiger partial charge on any atom is 0.0619 e. The molecule has 1 aliphatic carbocycles. The SMILES string of the molecule is CN1c2cc(Cl)ccc2NCCC12CCCCC2. The Hall–Kier alpha value is -0.890. The molecule has 98 valence electrons. The second-order valence-corrected chi connectivity index (χ2v) is 6.12. The van der Waals surface area contributed by atoms with E-state index in [9.17, 15) is 0 Å². The minimum Gasteiger partial charge on any atom is -0.383 e. The van der Waals surface area contributed by atoms with Crippen molar-refractivity contribution in [1.82, 2.24) is 0 Å². The van der Waals surface area contributed by atoms with Crippen molar-refractivity contribution >= 4 is 23.0 Å². The summed E-state index contributed by atoms with van der Waals surface area (Å²) in [7, 11) is 2.24. The molecule has 1 N–H and O–H groups in total. The number of halogens is 1. The quantitative estimate of drug-likeness (QED) is 0.752. The van der Waals surface area contributed by atoms with Gasteiger partial charge >= 0.3 is 0 Å². The summed E-state index contributed by atoms with van der Waals surface area (Å²) >= 11 is 6.17.